The predicted octanol–water partition coefficient (Wildman–Crippen LogP) is 1.81. The summed E-state index contributed by atoms with van der Waals surface area (Å²) in [6.07, 6.45) is -3.02. The highest BCUT2D eigenvalue weighted by atomic mass is 19.4. The molecule has 0 aliphatic rings. The summed E-state index contributed by atoms with van der Waals surface area (Å²) >= 11 is 0. The molecule has 1 aromatic heterocycles. The van der Waals surface area contributed by atoms with E-state index in [4.69, 9.17) is 0 Å². The molecule has 0 radical (unpaired) electrons. The lowest BCUT2D eigenvalue weighted by Crippen LogP contribution is -2.24. The molecule has 0 aliphatic carbocycles. The van der Waals surface area contributed by atoms with Crippen LogP contribution in [0.15, 0.2) is 18.3 Å². The lowest BCUT2D eigenvalue weighted by Gasteiger charge is -2.10. The fourth-order valence-corrected chi connectivity index (χ4v) is 1.12. The molecule has 94 valence electrons. The average molecular weight is 247 g/mol. The van der Waals surface area contributed by atoms with Crippen molar-refractivity contribution in [2.24, 2.45) is 0 Å². The summed E-state index contributed by atoms with van der Waals surface area (Å²) in [5.74, 6) is -0.414. The minimum Gasteiger partial charge on any atom is -0.376 e. The normalized spacial score (nSPS) is 11.1. The van der Waals surface area contributed by atoms with Crippen molar-refractivity contribution in [3.63, 3.8) is 0 Å². The van der Waals surface area contributed by atoms with E-state index in [9.17, 15) is 18.0 Å². The Kier molecular flexibility index (Phi) is 4.30. The topological polar surface area (TPSA) is 54.0 Å². The third-order valence-corrected chi connectivity index (χ3v) is 1.82. The Morgan fingerprint density at radius 3 is 2.76 bits per heavy atom. The SMILES string of the molecule is CCNC(=O)c1cc(NCC(F)(F)F)ccn1. The molecule has 2 N–H and O–H groups in total. The Morgan fingerprint density at radius 2 is 2.18 bits per heavy atom. The van der Waals surface area contributed by atoms with Crippen LogP contribution in [-0.4, -0.2) is 30.2 Å². The first-order valence-electron chi connectivity index (χ1n) is 4.97. The molecule has 0 saturated carbocycles. The standard InChI is InChI=1S/C10H12F3N3O/c1-2-14-9(17)8-5-7(3-4-15-8)16-6-10(11,12)13/h3-5H,2,6H2,1H3,(H,14,17)(H,15,16). The third kappa shape index (κ3) is 4.71. The Morgan fingerprint density at radius 1 is 1.47 bits per heavy atom. The van der Waals surface area contributed by atoms with Gasteiger partial charge in [0, 0.05) is 18.4 Å². The van der Waals surface area contributed by atoms with Crippen molar-refractivity contribution >= 4 is 11.6 Å². The van der Waals surface area contributed by atoms with Crippen molar-refractivity contribution in [1.29, 1.82) is 0 Å². The molecule has 1 rings (SSSR count). The lowest BCUT2D eigenvalue weighted by atomic mass is 10.3. The number of anilines is 1. The van der Waals surface area contributed by atoms with E-state index in [2.05, 4.69) is 15.6 Å². The molecule has 17 heavy (non-hydrogen) atoms. The van der Waals surface area contributed by atoms with Crippen molar-refractivity contribution in [3.05, 3.63) is 24.0 Å². The molecule has 1 heterocycles. The van der Waals surface area contributed by atoms with Gasteiger partial charge in [-0.05, 0) is 19.1 Å². The van der Waals surface area contributed by atoms with Gasteiger partial charge in [-0.2, -0.15) is 13.2 Å². The second-order valence-corrected chi connectivity index (χ2v) is 3.26. The first-order valence-corrected chi connectivity index (χ1v) is 4.97. The summed E-state index contributed by atoms with van der Waals surface area (Å²) in [4.78, 5) is 15.1. The Bertz CT molecular complexity index is 393. The van der Waals surface area contributed by atoms with E-state index in [1.165, 1.54) is 18.3 Å². The summed E-state index contributed by atoms with van der Waals surface area (Å²) in [5, 5.41) is 4.69. The van der Waals surface area contributed by atoms with E-state index in [1.807, 2.05) is 0 Å². The van der Waals surface area contributed by atoms with Crippen molar-refractivity contribution in [2.75, 3.05) is 18.4 Å². The number of aromatic nitrogens is 1. The van der Waals surface area contributed by atoms with E-state index >= 15 is 0 Å². The van der Waals surface area contributed by atoms with Crippen LogP contribution >= 0.6 is 0 Å². The van der Waals surface area contributed by atoms with Crippen molar-refractivity contribution < 1.29 is 18.0 Å². The molecule has 1 aromatic rings. The zero-order valence-corrected chi connectivity index (χ0v) is 9.14. The number of carbonyl (C=O) groups is 1. The molecule has 0 unspecified atom stereocenters. The van der Waals surface area contributed by atoms with Gasteiger partial charge in [0.25, 0.3) is 5.91 Å². The summed E-state index contributed by atoms with van der Waals surface area (Å²) in [5.41, 5.74) is 0.289. The molecule has 0 bridgehead atoms. The predicted molar refractivity (Wildman–Crippen MR) is 56.8 cm³/mol. The first kappa shape index (κ1) is 13.3. The summed E-state index contributed by atoms with van der Waals surface area (Å²) < 4.78 is 35.9. The molecule has 4 nitrogen and oxygen atoms in total. The van der Waals surface area contributed by atoms with Crippen molar-refractivity contribution in [2.45, 2.75) is 13.1 Å². The lowest BCUT2D eigenvalue weighted by molar-refractivity contribution is -0.115. The maximum absolute atomic E-state index is 12.0. The monoisotopic (exact) mass is 247 g/mol. The number of halogens is 3. The minimum absolute atomic E-state index is 0.0824. The molecule has 7 heteroatoms. The molecule has 0 fully saturated rings. The van der Waals surface area contributed by atoms with Crippen molar-refractivity contribution in [1.82, 2.24) is 10.3 Å². The fourth-order valence-electron chi connectivity index (χ4n) is 1.12. The van der Waals surface area contributed by atoms with E-state index < -0.39 is 18.6 Å². The quantitative estimate of drug-likeness (QED) is 0.853. The summed E-state index contributed by atoms with van der Waals surface area (Å²) in [7, 11) is 0. The van der Waals surface area contributed by atoms with E-state index in [1.54, 1.807) is 6.92 Å². The highest BCUT2D eigenvalue weighted by Gasteiger charge is 2.26. The minimum atomic E-state index is -4.30. The summed E-state index contributed by atoms with van der Waals surface area (Å²) in [6.45, 7) is 1.02. The molecular formula is C10H12F3N3O. The Balaban J connectivity index is 2.69. The Hall–Kier alpha value is -1.79. The number of hydrogen-bond acceptors (Lipinski definition) is 3. The molecular weight excluding hydrogens is 235 g/mol. The van der Waals surface area contributed by atoms with Crippen LogP contribution in [0.2, 0.25) is 0 Å². The van der Waals surface area contributed by atoms with Gasteiger partial charge in [-0.25, -0.2) is 0 Å². The molecule has 0 aromatic carbocycles. The number of rotatable bonds is 4. The van der Waals surface area contributed by atoms with E-state index in [0.717, 1.165) is 0 Å². The number of pyridine rings is 1. The van der Waals surface area contributed by atoms with Crippen LogP contribution in [0.4, 0.5) is 18.9 Å². The van der Waals surface area contributed by atoms with E-state index in [0.29, 0.717) is 6.54 Å². The van der Waals surface area contributed by atoms with Gasteiger partial charge in [0.15, 0.2) is 0 Å². The number of nitrogens with zero attached hydrogens (tertiary/aromatic N) is 1. The zero-order chi connectivity index (χ0) is 12.9. The largest absolute Gasteiger partial charge is 0.405 e. The Labute approximate surface area is 96.2 Å². The van der Waals surface area contributed by atoms with Crippen LogP contribution in [0.5, 0.6) is 0 Å². The van der Waals surface area contributed by atoms with Gasteiger partial charge in [0.2, 0.25) is 0 Å². The second-order valence-electron chi connectivity index (χ2n) is 3.26. The average Bonchev–Trinajstić information content (AvgIpc) is 2.26. The molecule has 1 amide bonds. The van der Waals surface area contributed by atoms with Gasteiger partial charge in [0.1, 0.15) is 12.2 Å². The maximum atomic E-state index is 12.0. The number of nitrogens with one attached hydrogen (secondary N) is 2. The van der Waals surface area contributed by atoms with Crippen LogP contribution < -0.4 is 10.6 Å². The van der Waals surface area contributed by atoms with Gasteiger partial charge in [0.05, 0.1) is 0 Å². The number of hydrogen-bond donors (Lipinski definition) is 2. The van der Waals surface area contributed by atoms with Crippen molar-refractivity contribution in [3.8, 4) is 0 Å². The van der Waals surface area contributed by atoms with Gasteiger partial charge < -0.3 is 10.6 Å². The highest BCUT2D eigenvalue weighted by molar-refractivity contribution is 5.93. The van der Waals surface area contributed by atoms with Gasteiger partial charge in [-0.1, -0.05) is 0 Å². The fraction of sp³-hybridized carbons (Fsp3) is 0.400. The van der Waals surface area contributed by atoms with Crippen LogP contribution in [0.3, 0.4) is 0 Å². The van der Waals surface area contributed by atoms with Crippen LogP contribution in [-0.2, 0) is 0 Å². The highest BCUT2D eigenvalue weighted by Crippen LogP contribution is 2.16. The van der Waals surface area contributed by atoms with Gasteiger partial charge >= 0.3 is 6.18 Å². The second kappa shape index (κ2) is 5.51. The third-order valence-electron chi connectivity index (χ3n) is 1.82. The van der Waals surface area contributed by atoms with Crippen LogP contribution in [0.25, 0.3) is 0 Å². The summed E-state index contributed by atoms with van der Waals surface area (Å²) in [6, 6.07) is 2.64. The van der Waals surface area contributed by atoms with Crippen LogP contribution in [0.1, 0.15) is 17.4 Å². The first-order chi connectivity index (χ1) is 7.92. The molecule has 0 aliphatic heterocycles. The smallest absolute Gasteiger partial charge is 0.376 e. The van der Waals surface area contributed by atoms with Crippen LogP contribution in [0, 0.1) is 0 Å². The van der Waals surface area contributed by atoms with Gasteiger partial charge in [-0.3, -0.25) is 9.78 Å². The number of alkyl halides is 3. The zero-order valence-electron chi connectivity index (χ0n) is 9.14. The maximum Gasteiger partial charge on any atom is 0.405 e. The van der Waals surface area contributed by atoms with E-state index in [-0.39, 0.29) is 11.4 Å². The van der Waals surface area contributed by atoms with Gasteiger partial charge in [-0.15, -0.1) is 0 Å². The molecule has 0 spiro atoms. The number of carbonyl (C=O) groups excluding carboxylic acids is 1. The molecule has 0 saturated heterocycles. The molecule has 0 atom stereocenters. The number of amides is 1.